The Kier molecular flexibility index (Phi) is 3.68. The summed E-state index contributed by atoms with van der Waals surface area (Å²) in [5.41, 5.74) is 4.18. The highest BCUT2D eigenvalue weighted by Crippen LogP contribution is 2.39. The lowest BCUT2D eigenvalue weighted by molar-refractivity contribution is 0.104. The van der Waals surface area contributed by atoms with E-state index in [1.54, 1.807) is 6.08 Å². The van der Waals surface area contributed by atoms with Gasteiger partial charge in [0.2, 0.25) is 0 Å². The second kappa shape index (κ2) is 6.13. The molecule has 0 aliphatic heterocycles. The molecule has 2 aromatic carbocycles. The zero-order valence-corrected chi connectivity index (χ0v) is 13.1. The van der Waals surface area contributed by atoms with Crippen LogP contribution in [-0.4, -0.2) is 5.78 Å². The first kappa shape index (κ1) is 14.4. The molecule has 0 spiro atoms. The van der Waals surface area contributed by atoms with Crippen molar-refractivity contribution in [3.63, 3.8) is 0 Å². The number of benzene rings is 2. The fourth-order valence-electron chi connectivity index (χ4n) is 3.15. The molecule has 0 amide bonds. The van der Waals surface area contributed by atoms with Crippen molar-refractivity contribution in [1.82, 2.24) is 0 Å². The first-order valence-corrected chi connectivity index (χ1v) is 8.01. The van der Waals surface area contributed by atoms with E-state index < -0.39 is 0 Å². The molecule has 4 rings (SSSR count). The van der Waals surface area contributed by atoms with Crippen LogP contribution < -0.4 is 0 Å². The van der Waals surface area contributed by atoms with Crippen molar-refractivity contribution in [3.8, 4) is 11.1 Å². The first-order valence-electron chi connectivity index (χ1n) is 8.01. The largest absolute Gasteiger partial charge is 0.289 e. The van der Waals surface area contributed by atoms with Crippen LogP contribution in [0.1, 0.15) is 15.9 Å². The number of hydrogen-bond donors (Lipinski definition) is 0. The summed E-state index contributed by atoms with van der Waals surface area (Å²) in [7, 11) is 0. The molecule has 1 heteroatoms. The standard InChI is InChI=1S/C23H16O/c24-23(17-9-3-1-4-10-17)16-15-22-20-12-6-2-5-11-18(20)19-13-7-8-14-21(19)22/h1-16H/b16-15+. The molecule has 0 bridgehead atoms. The van der Waals surface area contributed by atoms with E-state index >= 15 is 0 Å². The summed E-state index contributed by atoms with van der Waals surface area (Å²) in [6, 6.07) is 28.1. The van der Waals surface area contributed by atoms with Crippen molar-refractivity contribution in [3.05, 3.63) is 102 Å². The highest BCUT2D eigenvalue weighted by molar-refractivity contribution is 6.13. The summed E-state index contributed by atoms with van der Waals surface area (Å²) in [6.45, 7) is 0. The highest BCUT2D eigenvalue weighted by atomic mass is 16.1. The number of carbonyl (C=O) groups is 1. The number of rotatable bonds is 3. The van der Waals surface area contributed by atoms with Gasteiger partial charge >= 0.3 is 0 Å². The maximum Gasteiger partial charge on any atom is 0.185 e. The molecule has 2 aliphatic carbocycles. The van der Waals surface area contributed by atoms with Crippen LogP contribution in [0.15, 0.2) is 91.0 Å². The molecule has 24 heavy (non-hydrogen) atoms. The molecule has 114 valence electrons. The summed E-state index contributed by atoms with van der Waals surface area (Å²) < 4.78 is 0. The molecule has 0 saturated heterocycles. The van der Waals surface area contributed by atoms with Gasteiger partial charge in [-0.25, -0.2) is 0 Å². The molecule has 1 nitrogen and oxygen atoms in total. The van der Waals surface area contributed by atoms with Crippen molar-refractivity contribution >= 4 is 22.6 Å². The molecule has 0 atom stereocenters. The quantitative estimate of drug-likeness (QED) is 0.343. The summed E-state index contributed by atoms with van der Waals surface area (Å²) in [6.07, 6.45) is 3.61. The fraction of sp³-hybridized carbons (Fsp3) is 0. The maximum atomic E-state index is 12.4. The Balaban J connectivity index is 1.85. The minimum absolute atomic E-state index is 0.0225. The molecule has 0 aromatic heterocycles. The van der Waals surface area contributed by atoms with Crippen LogP contribution in [0, 0.1) is 0 Å². The zero-order valence-electron chi connectivity index (χ0n) is 13.1. The topological polar surface area (TPSA) is 17.1 Å². The summed E-state index contributed by atoms with van der Waals surface area (Å²) in [4.78, 5) is 12.4. The van der Waals surface area contributed by atoms with E-state index in [9.17, 15) is 4.79 Å². The third-order valence-corrected chi connectivity index (χ3v) is 4.30. The summed E-state index contributed by atoms with van der Waals surface area (Å²) in [5.74, 6) is 0.0225. The van der Waals surface area contributed by atoms with Crippen molar-refractivity contribution < 1.29 is 4.79 Å². The van der Waals surface area contributed by atoms with Gasteiger partial charge in [0.25, 0.3) is 0 Å². The van der Waals surface area contributed by atoms with E-state index in [0.29, 0.717) is 5.56 Å². The molecule has 0 N–H and O–H groups in total. The van der Waals surface area contributed by atoms with Gasteiger partial charge in [-0.05, 0) is 39.6 Å². The van der Waals surface area contributed by atoms with Crippen molar-refractivity contribution in [1.29, 1.82) is 0 Å². The molecular formula is C23H16O. The number of ketones is 1. The Morgan fingerprint density at radius 2 is 1.21 bits per heavy atom. The number of fused-ring (bicyclic) bond motifs is 3. The Labute approximate surface area is 141 Å². The van der Waals surface area contributed by atoms with Gasteiger partial charge in [-0.2, -0.15) is 0 Å². The molecule has 0 fully saturated rings. The zero-order chi connectivity index (χ0) is 16.4. The molecule has 0 saturated carbocycles. The lowest BCUT2D eigenvalue weighted by Gasteiger charge is -1.97. The van der Waals surface area contributed by atoms with Gasteiger partial charge in [0.15, 0.2) is 5.78 Å². The minimum atomic E-state index is 0.0225. The highest BCUT2D eigenvalue weighted by Gasteiger charge is 2.14. The lowest BCUT2D eigenvalue weighted by Crippen LogP contribution is -1.92. The monoisotopic (exact) mass is 308 g/mol. The van der Waals surface area contributed by atoms with Crippen LogP contribution in [0.2, 0.25) is 0 Å². The lowest BCUT2D eigenvalue weighted by atomic mass is 10.1. The van der Waals surface area contributed by atoms with Gasteiger partial charge in [0.05, 0.1) is 0 Å². The van der Waals surface area contributed by atoms with Gasteiger partial charge in [-0.1, -0.05) is 84.9 Å². The van der Waals surface area contributed by atoms with E-state index in [1.165, 1.54) is 21.9 Å². The van der Waals surface area contributed by atoms with Gasteiger partial charge in [-0.15, -0.1) is 0 Å². The Morgan fingerprint density at radius 1 is 0.625 bits per heavy atom. The normalized spacial score (nSPS) is 11.3. The predicted molar refractivity (Wildman–Crippen MR) is 100 cm³/mol. The van der Waals surface area contributed by atoms with Gasteiger partial charge in [0, 0.05) is 5.56 Å². The van der Waals surface area contributed by atoms with E-state index in [-0.39, 0.29) is 5.78 Å². The van der Waals surface area contributed by atoms with E-state index in [0.717, 1.165) is 5.56 Å². The van der Waals surface area contributed by atoms with Crippen LogP contribution in [-0.2, 0) is 0 Å². The number of carbonyl (C=O) groups excluding carboxylic acids is 1. The van der Waals surface area contributed by atoms with Gasteiger partial charge in [0.1, 0.15) is 0 Å². The Bertz CT molecular complexity index is 1010. The van der Waals surface area contributed by atoms with Gasteiger partial charge < -0.3 is 0 Å². The first-order chi connectivity index (χ1) is 11.8. The SMILES string of the molecule is O=C(/C=C/c1c2cccccc-2c2ccccc12)c1ccccc1. The van der Waals surface area contributed by atoms with Crippen molar-refractivity contribution in [2.24, 2.45) is 0 Å². The van der Waals surface area contributed by atoms with Crippen LogP contribution in [0.3, 0.4) is 0 Å². The smallest absolute Gasteiger partial charge is 0.185 e. The van der Waals surface area contributed by atoms with E-state index in [2.05, 4.69) is 36.4 Å². The second-order valence-electron chi connectivity index (χ2n) is 5.76. The molecule has 0 unspecified atom stereocenters. The van der Waals surface area contributed by atoms with Crippen LogP contribution in [0.4, 0.5) is 0 Å². The summed E-state index contributed by atoms with van der Waals surface area (Å²) >= 11 is 0. The molecule has 0 heterocycles. The van der Waals surface area contributed by atoms with Crippen molar-refractivity contribution in [2.45, 2.75) is 0 Å². The molecule has 2 aromatic rings. The predicted octanol–water partition coefficient (Wildman–Crippen LogP) is 5.84. The average molecular weight is 308 g/mol. The van der Waals surface area contributed by atoms with E-state index in [4.69, 9.17) is 0 Å². The van der Waals surface area contributed by atoms with Crippen LogP contribution in [0.25, 0.3) is 28.0 Å². The third-order valence-electron chi connectivity index (χ3n) is 4.30. The minimum Gasteiger partial charge on any atom is -0.289 e. The molecular weight excluding hydrogens is 292 g/mol. The maximum absolute atomic E-state index is 12.4. The van der Waals surface area contributed by atoms with Gasteiger partial charge in [-0.3, -0.25) is 4.79 Å². The number of allylic oxidation sites excluding steroid dienone is 1. The second-order valence-corrected chi connectivity index (χ2v) is 5.76. The fourth-order valence-corrected chi connectivity index (χ4v) is 3.15. The van der Waals surface area contributed by atoms with Crippen molar-refractivity contribution in [2.75, 3.05) is 0 Å². The van der Waals surface area contributed by atoms with Crippen LogP contribution in [0.5, 0.6) is 0 Å². The molecule has 2 aliphatic rings. The Morgan fingerprint density at radius 3 is 1.96 bits per heavy atom. The Hall–Kier alpha value is -3.19. The molecule has 0 radical (unpaired) electrons. The number of hydrogen-bond acceptors (Lipinski definition) is 1. The summed E-state index contributed by atoms with van der Waals surface area (Å²) in [5, 5.41) is 2.39. The van der Waals surface area contributed by atoms with E-state index in [1.807, 2.05) is 54.6 Å². The third kappa shape index (κ3) is 2.50. The average Bonchev–Trinajstić information content (AvgIpc) is 2.77. The van der Waals surface area contributed by atoms with Crippen LogP contribution >= 0.6 is 0 Å².